The third kappa shape index (κ3) is 3.69. The van der Waals surface area contributed by atoms with Crippen LogP contribution in [0.15, 0.2) is 0 Å². The van der Waals surface area contributed by atoms with Crippen LogP contribution in [0.3, 0.4) is 0 Å². The molecule has 4 nitrogen and oxygen atoms in total. The van der Waals surface area contributed by atoms with Crippen LogP contribution in [0, 0.1) is 11.8 Å². The van der Waals surface area contributed by atoms with Crippen molar-refractivity contribution in [2.24, 2.45) is 17.7 Å². The first-order valence-electron chi connectivity index (χ1n) is 7.23. The zero-order valence-electron chi connectivity index (χ0n) is 12.3. The molecule has 0 heterocycles. The summed E-state index contributed by atoms with van der Waals surface area (Å²) in [6.45, 7) is 6.43. The van der Waals surface area contributed by atoms with Gasteiger partial charge in [0.25, 0.3) is 5.91 Å². The molecule has 0 aromatic heterocycles. The third-order valence-corrected chi connectivity index (χ3v) is 4.45. The molecule has 0 bridgehead atoms. The Kier molecular flexibility index (Phi) is 6.09. The molecule has 0 aromatic rings. The highest BCUT2D eigenvalue weighted by molar-refractivity contribution is 5.81. The minimum atomic E-state index is -0.113. The van der Waals surface area contributed by atoms with E-state index in [1.807, 2.05) is 0 Å². The lowest BCUT2D eigenvalue weighted by Crippen LogP contribution is -2.54. The molecule has 1 rings (SSSR count). The first-order chi connectivity index (χ1) is 8.51. The Hall–Kier alpha value is -0.610. The molecule has 0 spiro atoms. The van der Waals surface area contributed by atoms with Crippen LogP contribution in [0.4, 0.5) is 0 Å². The molecule has 18 heavy (non-hydrogen) atoms. The minimum absolute atomic E-state index is 0.0647. The Morgan fingerprint density at radius 3 is 2.28 bits per heavy atom. The average Bonchev–Trinajstić information content (AvgIpc) is 2.38. The van der Waals surface area contributed by atoms with Crippen molar-refractivity contribution in [2.45, 2.75) is 65.0 Å². The Balaban J connectivity index is 2.61. The van der Waals surface area contributed by atoms with Crippen molar-refractivity contribution >= 4 is 5.91 Å². The number of hydrazine groups is 1. The van der Waals surface area contributed by atoms with Crippen molar-refractivity contribution in [1.82, 2.24) is 10.3 Å². The van der Waals surface area contributed by atoms with Crippen LogP contribution in [0.25, 0.3) is 0 Å². The molecule has 0 saturated heterocycles. The van der Waals surface area contributed by atoms with Crippen molar-refractivity contribution < 1.29 is 4.79 Å². The van der Waals surface area contributed by atoms with Gasteiger partial charge in [0, 0.05) is 6.04 Å². The van der Waals surface area contributed by atoms with Gasteiger partial charge in [-0.15, -0.1) is 0 Å². The van der Waals surface area contributed by atoms with Crippen LogP contribution in [0.5, 0.6) is 0 Å². The Labute approximate surface area is 111 Å². The first kappa shape index (κ1) is 15.4. The first-order valence-corrected chi connectivity index (χ1v) is 7.23. The van der Waals surface area contributed by atoms with Gasteiger partial charge in [-0.2, -0.15) is 0 Å². The molecule has 1 fully saturated rings. The predicted molar refractivity (Wildman–Crippen MR) is 74.8 cm³/mol. The van der Waals surface area contributed by atoms with Crippen LogP contribution >= 0.6 is 0 Å². The van der Waals surface area contributed by atoms with Gasteiger partial charge in [0.15, 0.2) is 0 Å². The quantitative estimate of drug-likeness (QED) is 0.448. The largest absolute Gasteiger partial charge is 0.293 e. The van der Waals surface area contributed by atoms with Gasteiger partial charge in [-0.3, -0.25) is 15.1 Å². The number of hydrogen-bond acceptors (Lipinski definition) is 3. The number of nitrogens with zero attached hydrogens (tertiary/aromatic N) is 1. The molecule has 0 radical (unpaired) electrons. The zero-order valence-corrected chi connectivity index (χ0v) is 12.3. The number of carbonyl (C=O) groups is 1. The smallest absolute Gasteiger partial charge is 0.251 e. The van der Waals surface area contributed by atoms with E-state index in [-0.39, 0.29) is 17.9 Å². The summed E-state index contributed by atoms with van der Waals surface area (Å²) in [4.78, 5) is 14.1. The lowest BCUT2D eigenvalue weighted by molar-refractivity contribution is -0.128. The molecule has 3 N–H and O–H groups in total. The lowest BCUT2D eigenvalue weighted by Gasteiger charge is -2.39. The van der Waals surface area contributed by atoms with Gasteiger partial charge >= 0.3 is 0 Å². The second-order valence-corrected chi connectivity index (χ2v) is 5.95. The maximum absolute atomic E-state index is 11.9. The average molecular weight is 255 g/mol. The van der Waals surface area contributed by atoms with Gasteiger partial charge in [-0.25, -0.2) is 5.84 Å². The molecule has 0 aromatic carbocycles. The molecule has 1 amide bonds. The van der Waals surface area contributed by atoms with Gasteiger partial charge in [0.05, 0.1) is 6.04 Å². The Bertz CT molecular complexity index is 260. The van der Waals surface area contributed by atoms with Gasteiger partial charge < -0.3 is 0 Å². The molecule has 1 saturated carbocycles. The van der Waals surface area contributed by atoms with Crippen molar-refractivity contribution in [1.29, 1.82) is 0 Å². The number of amides is 1. The zero-order chi connectivity index (χ0) is 13.7. The highest BCUT2D eigenvalue weighted by Crippen LogP contribution is 2.30. The van der Waals surface area contributed by atoms with Crippen molar-refractivity contribution in [3.63, 3.8) is 0 Å². The highest BCUT2D eigenvalue weighted by Gasteiger charge is 2.32. The van der Waals surface area contributed by atoms with Gasteiger partial charge in [-0.05, 0) is 44.6 Å². The minimum Gasteiger partial charge on any atom is -0.293 e. The standard InChI is InChI=1S/C14H29N3O/c1-5-11-6-8-12(9-7-11)17(4)13(10(2)3)14(18)16-15/h10-13H,5-9,15H2,1-4H3,(H,16,18). The van der Waals surface area contributed by atoms with Crippen molar-refractivity contribution in [3.8, 4) is 0 Å². The summed E-state index contributed by atoms with van der Waals surface area (Å²) in [6.07, 6.45) is 6.28. The van der Waals surface area contributed by atoms with Gasteiger partial charge in [-0.1, -0.05) is 27.2 Å². The monoisotopic (exact) mass is 255 g/mol. The number of hydrogen-bond donors (Lipinski definition) is 2. The fourth-order valence-electron chi connectivity index (χ4n) is 3.23. The van der Waals surface area contributed by atoms with Crippen molar-refractivity contribution in [3.05, 3.63) is 0 Å². The number of nitrogens with two attached hydrogens (primary N) is 1. The molecule has 1 aliphatic rings. The predicted octanol–water partition coefficient (Wildman–Crippen LogP) is 1.90. The molecule has 1 atom stereocenters. The fourth-order valence-corrected chi connectivity index (χ4v) is 3.23. The van der Waals surface area contributed by atoms with E-state index < -0.39 is 0 Å². The summed E-state index contributed by atoms with van der Waals surface area (Å²) in [5.74, 6) is 6.40. The highest BCUT2D eigenvalue weighted by atomic mass is 16.2. The topological polar surface area (TPSA) is 58.4 Å². The van der Waals surface area contributed by atoms with E-state index in [0.717, 1.165) is 5.92 Å². The van der Waals surface area contributed by atoms with E-state index in [1.54, 1.807) is 0 Å². The summed E-state index contributed by atoms with van der Waals surface area (Å²) >= 11 is 0. The van der Waals surface area contributed by atoms with Gasteiger partial charge in [0.2, 0.25) is 0 Å². The Morgan fingerprint density at radius 1 is 1.33 bits per heavy atom. The van der Waals surface area contributed by atoms with E-state index >= 15 is 0 Å². The maximum atomic E-state index is 11.9. The molecule has 1 aliphatic carbocycles. The van der Waals surface area contributed by atoms with Crippen LogP contribution in [0.1, 0.15) is 52.9 Å². The van der Waals surface area contributed by atoms with Crippen molar-refractivity contribution in [2.75, 3.05) is 7.05 Å². The molecule has 4 heteroatoms. The summed E-state index contributed by atoms with van der Waals surface area (Å²) < 4.78 is 0. The second kappa shape index (κ2) is 7.10. The summed E-state index contributed by atoms with van der Waals surface area (Å²) in [7, 11) is 2.07. The van der Waals surface area contributed by atoms with Crippen LogP contribution in [0.2, 0.25) is 0 Å². The molecule has 106 valence electrons. The van der Waals surface area contributed by atoms with Crippen LogP contribution in [-0.4, -0.2) is 29.9 Å². The van der Waals surface area contributed by atoms with E-state index in [4.69, 9.17) is 5.84 Å². The van der Waals surface area contributed by atoms with E-state index in [1.165, 1.54) is 32.1 Å². The number of rotatable bonds is 5. The van der Waals surface area contributed by atoms with E-state index in [2.05, 4.69) is 38.1 Å². The number of carbonyl (C=O) groups excluding carboxylic acids is 1. The molecular formula is C14H29N3O. The number of nitrogens with one attached hydrogen (secondary N) is 1. The van der Waals surface area contributed by atoms with Gasteiger partial charge in [0.1, 0.15) is 0 Å². The van der Waals surface area contributed by atoms with Crippen LogP contribution < -0.4 is 11.3 Å². The normalized spacial score (nSPS) is 26.4. The summed E-state index contributed by atoms with van der Waals surface area (Å²) in [6, 6.07) is 0.413. The van der Waals surface area contributed by atoms with E-state index in [9.17, 15) is 4.79 Å². The summed E-state index contributed by atoms with van der Waals surface area (Å²) in [5, 5.41) is 0. The lowest BCUT2D eigenvalue weighted by atomic mass is 9.83. The maximum Gasteiger partial charge on any atom is 0.251 e. The second-order valence-electron chi connectivity index (χ2n) is 5.95. The fraction of sp³-hybridized carbons (Fsp3) is 0.929. The number of likely N-dealkylation sites (N-methyl/N-ethyl adjacent to an activating group) is 1. The Morgan fingerprint density at radius 2 is 1.89 bits per heavy atom. The molecular weight excluding hydrogens is 226 g/mol. The molecule has 0 aliphatic heterocycles. The van der Waals surface area contributed by atoms with Crippen LogP contribution in [-0.2, 0) is 4.79 Å². The molecule has 1 unspecified atom stereocenters. The van der Waals surface area contributed by atoms with E-state index in [0.29, 0.717) is 6.04 Å². The SMILES string of the molecule is CCC1CCC(N(C)C(C(=O)NN)C(C)C)CC1. The third-order valence-electron chi connectivity index (χ3n) is 4.45. The summed E-state index contributed by atoms with van der Waals surface area (Å²) in [5.41, 5.74) is 2.31.